The fraction of sp³-hybridized carbons (Fsp3) is 0.391. The Balaban J connectivity index is 1.74. The van der Waals surface area contributed by atoms with Crippen LogP contribution in [0.5, 0.6) is 0 Å². The topological polar surface area (TPSA) is 95.6 Å². The van der Waals surface area contributed by atoms with Gasteiger partial charge >= 0.3 is 0 Å². The molecule has 2 aliphatic rings. The second kappa shape index (κ2) is 10.3. The molecular formula is C23H23Cl2F2N3O4S. The zero-order valence-corrected chi connectivity index (χ0v) is 20.8. The molecule has 0 aromatic heterocycles. The number of benzene rings is 2. The summed E-state index contributed by atoms with van der Waals surface area (Å²) in [6.07, 6.45) is 5.13. The molecule has 12 heteroatoms. The van der Waals surface area contributed by atoms with Crippen molar-refractivity contribution < 1.29 is 26.8 Å². The predicted molar refractivity (Wildman–Crippen MR) is 129 cm³/mol. The van der Waals surface area contributed by atoms with E-state index in [4.69, 9.17) is 23.2 Å². The van der Waals surface area contributed by atoms with Crippen LogP contribution in [0.25, 0.3) is 0 Å². The molecule has 0 bridgehead atoms. The van der Waals surface area contributed by atoms with Crippen molar-refractivity contribution in [2.45, 2.75) is 61.9 Å². The summed E-state index contributed by atoms with van der Waals surface area (Å²) >= 11 is 12.0. The van der Waals surface area contributed by atoms with Crippen molar-refractivity contribution in [3.8, 4) is 0 Å². The van der Waals surface area contributed by atoms with Crippen LogP contribution in [0.2, 0.25) is 10.0 Å². The Bertz CT molecular complexity index is 1270. The molecule has 1 fully saturated rings. The minimum Gasteiger partial charge on any atom is -0.353 e. The summed E-state index contributed by atoms with van der Waals surface area (Å²) in [4.78, 5) is 25.5. The molecule has 4 rings (SSSR count). The van der Waals surface area contributed by atoms with Crippen molar-refractivity contribution in [1.29, 1.82) is 0 Å². The van der Waals surface area contributed by atoms with Crippen LogP contribution in [0.15, 0.2) is 35.2 Å². The average molecular weight is 546 g/mol. The molecule has 2 amide bonds. The van der Waals surface area contributed by atoms with Gasteiger partial charge in [0.1, 0.15) is 10.9 Å². The third-order valence-electron chi connectivity index (χ3n) is 6.15. The minimum atomic E-state index is -4.61. The zero-order chi connectivity index (χ0) is 25.3. The number of amides is 2. The first-order valence-electron chi connectivity index (χ1n) is 11.2. The molecule has 0 saturated heterocycles. The van der Waals surface area contributed by atoms with Crippen LogP contribution in [-0.4, -0.2) is 32.3 Å². The highest BCUT2D eigenvalue weighted by atomic mass is 35.5. The number of anilines is 2. The molecule has 1 saturated carbocycles. The van der Waals surface area contributed by atoms with Crippen molar-refractivity contribution in [1.82, 2.24) is 5.32 Å². The van der Waals surface area contributed by atoms with E-state index in [1.165, 1.54) is 12.1 Å². The van der Waals surface area contributed by atoms with Gasteiger partial charge in [-0.2, -0.15) is 0 Å². The van der Waals surface area contributed by atoms with Crippen LogP contribution in [0.4, 0.5) is 20.2 Å². The van der Waals surface area contributed by atoms with Gasteiger partial charge < -0.3 is 10.6 Å². The highest BCUT2D eigenvalue weighted by Gasteiger charge is 2.43. The Hall–Kier alpha value is -2.43. The number of sulfonamides is 1. The lowest BCUT2D eigenvalue weighted by atomic mass is 10.1. The molecule has 1 aliphatic heterocycles. The van der Waals surface area contributed by atoms with Crippen LogP contribution in [0, 0.1) is 11.6 Å². The summed E-state index contributed by atoms with van der Waals surface area (Å²) in [5, 5.41) is 5.22. The van der Waals surface area contributed by atoms with Crippen molar-refractivity contribution in [3.05, 3.63) is 52.0 Å². The maximum Gasteiger partial charge on any atom is 0.266 e. The van der Waals surface area contributed by atoms with Crippen LogP contribution in [0.1, 0.15) is 44.9 Å². The molecule has 2 aromatic rings. The predicted octanol–water partition coefficient (Wildman–Crippen LogP) is 5.02. The van der Waals surface area contributed by atoms with E-state index in [0.717, 1.165) is 44.6 Å². The number of carbonyl (C=O) groups is 2. The SMILES string of the molecule is O=C(CC1C(=O)Nc2cc(F)c(F)cc2N1S(=O)(=O)c1ccc(Cl)cc1Cl)NC1CCCCCC1. The second-order valence-corrected chi connectivity index (χ2v) is 11.3. The fourth-order valence-corrected chi connectivity index (χ4v) is 6.83. The summed E-state index contributed by atoms with van der Waals surface area (Å²) in [7, 11) is -4.61. The van der Waals surface area contributed by atoms with Gasteiger partial charge in [-0.3, -0.25) is 13.9 Å². The molecule has 35 heavy (non-hydrogen) atoms. The maximum absolute atomic E-state index is 14.2. The van der Waals surface area contributed by atoms with E-state index in [9.17, 15) is 26.8 Å². The van der Waals surface area contributed by atoms with Crippen molar-refractivity contribution in [3.63, 3.8) is 0 Å². The zero-order valence-electron chi connectivity index (χ0n) is 18.5. The number of hydrogen-bond acceptors (Lipinski definition) is 4. The number of halogens is 4. The molecular weight excluding hydrogens is 523 g/mol. The molecule has 1 unspecified atom stereocenters. The summed E-state index contributed by atoms with van der Waals surface area (Å²) in [5.74, 6) is -3.96. The highest BCUT2D eigenvalue weighted by Crippen LogP contribution is 2.40. The van der Waals surface area contributed by atoms with Crippen LogP contribution in [0.3, 0.4) is 0 Å². The molecule has 0 spiro atoms. The van der Waals surface area contributed by atoms with Gasteiger partial charge in [-0.25, -0.2) is 17.2 Å². The molecule has 1 aliphatic carbocycles. The van der Waals surface area contributed by atoms with Gasteiger partial charge in [-0.1, -0.05) is 48.9 Å². The first kappa shape index (κ1) is 25.7. The third-order valence-corrected chi connectivity index (χ3v) is 8.69. The summed E-state index contributed by atoms with van der Waals surface area (Å²) in [5.41, 5.74) is -0.565. The molecule has 188 valence electrons. The van der Waals surface area contributed by atoms with Crippen molar-refractivity contribution >= 4 is 56.4 Å². The van der Waals surface area contributed by atoms with Gasteiger partial charge in [0.15, 0.2) is 11.6 Å². The summed E-state index contributed by atoms with van der Waals surface area (Å²) in [6.45, 7) is 0. The van der Waals surface area contributed by atoms with E-state index < -0.39 is 50.8 Å². The quantitative estimate of drug-likeness (QED) is 0.516. The number of nitrogens with zero attached hydrogens (tertiary/aromatic N) is 1. The number of rotatable bonds is 5. The summed E-state index contributed by atoms with van der Waals surface area (Å²) < 4.78 is 56.2. The van der Waals surface area contributed by atoms with Crippen molar-refractivity contribution in [2.75, 3.05) is 9.62 Å². The molecule has 1 atom stereocenters. The molecule has 1 heterocycles. The molecule has 2 N–H and O–H groups in total. The van der Waals surface area contributed by atoms with Gasteiger partial charge in [0, 0.05) is 23.2 Å². The van der Waals surface area contributed by atoms with Gasteiger partial charge in [-0.05, 0) is 31.0 Å². The fourth-order valence-electron chi connectivity index (χ4n) is 4.46. The Kier molecular flexibility index (Phi) is 7.54. The van der Waals surface area contributed by atoms with Crippen LogP contribution >= 0.6 is 23.2 Å². The summed E-state index contributed by atoms with van der Waals surface area (Å²) in [6, 6.07) is 3.37. The van der Waals surface area contributed by atoms with E-state index >= 15 is 0 Å². The molecule has 7 nitrogen and oxygen atoms in total. The lowest BCUT2D eigenvalue weighted by Gasteiger charge is -2.37. The Labute approximate surface area is 211 Å². The van der Waals surface area contributed by atoms with Crippen LogP contribution in [-0.2, 0) is 19.6 Å². The average Bonchev–Trinajstić information content (AvgIpc) is 3.04. The number of fused-ring (bicyclic) bond motifs is 1. The van der Waals surface area contributed by atoms with Crippen LogP contribution < -0.4 is 14.9 Å². The maximum atomic E-state index is 14.2. The van der Waals surface area contributed by atoms with E-state index in [2.05, 4.69) is 10.6 Å². The van der Waals surface area contributed by atoms with Gasteiger partial charge in [0.05, 0.1) is 22.8 Å². The third kappa shape index (κ3) is 5.39. The van der Waals surface area contributed by atoms with E-state index in [1.807, 2.05) is 0 Å². The molecule has 2 aromatic carbocycles. The van der Waals surface area contributed by atoms with Crippen molar-refractivity contribution in [2.24, 2.45) is 0 Å². The Morgan fingerprint density at radius 1 is 1.06 bits per heavy atom. The van der Waals surface area contributed by atoms with Gasteiger partial charge in [0.2, 0.25) is 11.8 Å². The number of hydrogen-bond donors (Lipinski definition) is 2. The first-order valence-corrected chi connectivity index (χ1v) is 13.4. The highest BCUT2D eigenvalue weighted by molar-refractivity contribution is 7.93. The normalized spacial score (nSPS) is 19.0. The van der Waals surface area contributed by atoms with Gasteiger partial charge in [-0.15, -0.1) is 0 Å². The first-order chi connectivity index (χ1) is 16.6. The van der Waals surface area contributed by atoms with E-state index in [0.29, 0.717) is 16.4 Å². The minimum absolute atomic E-state index is 0.0776. The van der Waals surface area contributed by atoms with Gasteiger partial charge in [0.25, 0.3) is 10.0 Å². The number of nitrogens with one attached hydrogen (secondary N) is 2. The standard InChI is InChI=1S/C23H23Cl2F2N3O4S/c24-13-7-8-21(15(25)9-13)35(33,34)30-19-11-17(27)16(26)10-18(19)29-23(32)20(30)12-22(31)28-14-5-3-1-2-4-6-14/h7-11,14,20H,1-6,12H2,(H,28,31)(H,29,32). The Morgan fingerprint density at radius 2 is 1.71 bits per heavy atom. The van der Waals surface area contributed by atoms with E-state index in [1.54, 1.807) is 0 Å². The molecule has 0 radical (unpaired) electrons. The lowest BCUT2D eigenvalue weighted by molar-refractivity contribution is -0.125. The number of carbonyl (C=O) groups excluding carboxylic acids is 2. The smallest absolute Gasteiger partial charge is 0.266 e. The lowest BCUT2D eigenvalue weighted by Crippen LogP contribution is -2.53. The largest absolute Gasteiger partial charge is 0.353 e. The Morgan fingerprint density at radius 3 is 2.37 bits per heavy atom. The van der Waals surface area contributed by atoms with E-state index in [-0.39, 0.29) is 27.5 Å². The second-order valence-electron chi connectivity index (χ2n) is 8.62. The monoisotopic (exact) mass is 545 g/mol.